The SMILES string of the molecule is Cc1ccnc(N2CCC(Oc3ncc(F)cn3)CC2)n1. The summed E-state index contributed by atoms with van der Waals surface area (Å²) in [6.07, 6.45) is 5.69. The average molecular weight is 289 g/mol. The number of halogens is 1. The zero-order chi connectivity index (χ0) is 14.7. The van der Waals surface area contributed by atoms with Gasteiger partial charge >= 0.3 is 6.01 Å². The first-order valence-corrected chi connectivity index (χ1v) is 6.89. The highest BCUT2D eigenvalue weighted by molar-refractivity contribution is 5.30. The van der Waals surface area contributed by atoms with E-state index in [1.807, 2.05) is 13.0 Å². The van der Waals surface area contributed by atoms with Gasteiger partial charge in [0.2, 0.25) is 5.95 Å². The fraction of sp³-hybridized carbons (Fsp3) is 0.429. The van der Waals surface area contributed by atoms with Crippen LogP contribution >= 0.6 is 0 Å². The van der Waals surface area contributed by atoms with E-state index in [1.54, 1.807) is 6.20 Å². The van der Waals surface area contributed by atoms with E-state index in [0.717, 1.165) is 50.0 Å². The molecule has 3 rings (SSSR count). The molecule has 1 aliphatic rings. The highest BCUT2D eigenvalue weighted by atomic mass is 19.1. The van der Waals surface area contributed by atoms with Crippen LogP contribution in [0.2, 0.25) is 0 Å². The van der Waals surface area contributed by atoms with E-state index >= 15 is 0 Å². The topological polar surface area (TPSA) is 64.0 Å². The third-order valence-electron chi connectivity index (χ3n) is 3.38. The molecule has 3 heterocycles. The van der Waals surface area contributed by atoms with E-state index in [2.05, 4.69) is 24.8 Å². The van der Waals surface area contributed by atoms with Gasteiger partial charge in [-0.2, -0.15) is 0 Å². The molecule has 0 bridgehead atoms. The molecular formula is C14H16FN5O. The van der Waals surface area contributed by atoms with Gasteiger partial charge in [0, 0.05) is 37.8 Å². The van der Waals surface area contributed by atoms with Crippen LogP contribution in [-0.2, 0) is 0 Å². The van der Waals surface area contributed by atoms with Crippen LogP contribution in [0.1, 0.15) is 18.5 Å². The maximum atomic E-state index is 12.7. The molecule has 2 aromatic heterocycles. The molecule has 1 aliphatic heterocycles. The number of anilines is 1. The molecule has 0 atom stereocenters. The highest BCUT2D eigenvalue weighted by Gasteiger charge is 2.22. The van der Waals surface area contributed by atoms with Gasteiger partial charge in [0.25, 0.3) is 0 Å². The molecule has 2 aromatic rings. The van der Waals surface area contributed by atoms with Crippen molar-refractivity contribution in [2.75, 3.05) is 18.0 Å². The summed E-state index contributed by atoms with van der Waals surface area (Å²) in [5.41, 5.74) is 0.957. The number of piperidine rings is 1. The zero-order valence-electron chi connectivity index (χ0n) is 11.7. The fourth-order valence-corrected chi connectivity index (χ4v) is 2.27. The summed E-state index contributed by atoms with van der Waals surface area (Å²) in [7, 11) is 0. The second-order valence-electron chi connectivity index (χ2n) is 4.99. The standard InChI is InChI=1S/C14H16FN5O/c1-10-2-5-16-13(19-10)20-6-3-12(4-7-20)21-14-17-8-11(15)9-18-14/h2,5,8-9,12H,3-4,6-7H2,1H3. The Morgan fingerprint density at radius 2 is 1.90 bits per heavy atom. The van der Waals surface area contributed by atoms with Crippen LogP contribution in [0.5, 0.6) is 6.01 Å². The van der Waals surface area contributed by atoms with Gasteiger partial charge in [0.15, 0.2) is 5.82 Å². The normalized spacial score (nSPS) is 16.0. The summed E-state index contributed by atoms with van der Waals surface area (Å²) < 4.78 is 18.4. The van der Waals surface area contributed by atoms with Gasteiger partial charge in [-0.3, -0.25) is 0 Å². The number of aryl methyl sites for hydroxylation is 1. The molecule has 1 fully saturated rings. The third-order valence-corrected chi connectivity index (χ3v) is 3.38. The molecule has 110 valence electrons. The molecule has 0 saturated carbocycles. The van der Waals surface area contributed by atoms with Gasteiger partial charge < -0.3 is 9.64 Å². The van der Waals surface area contributed by atoms with Crippen molar-refractivity contribution >= 4 is 5.95 Å². The molecule has 0 amide bonds. The molecule has 6 nitrogen and oxygen atoms in total. The monoisotopic (exact) mass is 289 g/mol. The summed E-state index contributed by atoms with van der Waals surface area (Å²) >= 11 is 0. The first-order chi connectivity index (χ1) is 10.2. The number of hydrogen-bond donors (Lipinski definition) is 0. The number of ether oxygens (including phenoxy) is 1. The van der Waals surface area contributed by atoms with Crippen molar-refractivity contribution in [1.29, 1.82) is 0 Å². The Balaban J connectivity index is 1.56. The summed E-state index contributed by atoms with van der Waals surface area (Å²) in [5, 5.41) is 0. The van der Waals surface area contributed by atoms with Crippen molar-refractivity contribution in [3.05, 3.63) is 36.2 Å². The Hall–Kier alpha value is -2.31. The van der Waals surface area contributed by atoms with E-state index in [-0.39, 0.29) is 12.1 Å². The van der Waals surface area contributed by atoms with Crippen LogP contribution in [0.25, 0.3) is 0 Å². The van der Waals surface area contributed by atoms with Gasteiger partial charge in [-0.15, -0.1) is 0 Å². The molecule has 0 unspecified atom stereocenters. The molecule has 7 heteroatoms. The summed E-state index contributed by atoms with van der Waals surface area (Å²) in [4.78, 5) is 18.5. The Morgan fingerprint density at radius 1 is 1.19 bits per heavy atom. The van der Waals surface area contributed by atoms with Crippen molar-refractivity contribution in [3.63, 3.8) is 0 Å². The largest absolute Gasteiger partial charge is 0.460 e. The predicted octanol–water partition coefficient (Wildman–Crippen LogP) is 1.76. The van der Waals surface area contributed by atoms with Crippen molar-refractivity contribution < 1.29 is 9.13 Å². The smallest absolute Gasteiger partial charge is 0.316 e. The number of hydrogen-bond acceptors (Lipinski definition) is 6. The first-order valence-electron chi connectivity index (χ1n) is 6.89. The number of rotatable bonds is 3. The number of nitrogens with zero attached hydrogens (tertiary/aromatic N) is 5. The minimum absolute atomic E-state index is 0.0384. The minimum atomic E-state index is -0.464. The van der Waals surface area contributed by atoms with Crippen LogP contribution in [0.3, 0.4) is 0 Å². The van der Waals surface area contributed by atoms with Gasteiger partial charge in [0.05, 0.1) is 12.4 Å². The van der Waals surface area contributed by atoms with Gasteiger partial charge in [0.1, 0.15) is 6.10 Å². The quantitative estimate of drug-likeness (QED) is 0.858. The Bertz CT molecular complexity index is 599. The Labute approximate surface area is 122 Å². The van der Waals surface area contributed by atoms with Crippen LogP contribution in [0, 0.1) is 12.7 Å². The maximum Gasteiger partial charge on any atom is 0.316 e. The summed E-state index contributed by atoms with van der Waals surface area (Å²) in [5.74, 6) is 0.292. The zero-order valence-corrected chi connectivity index (χ0v) is 11.7. The second kappa shape index (κ2) is 5.99. The van der Waals surface area contributed by atoms with E-state index in [4.69, 9.17) is 4.74 Å². The minimum Gasteiger partial charge on any atom is -0.460 e. The van der Waals surface area contributed by atoms with Crippen LogP contribution in [-0.4, -0.2) is 39.1 Å². The lowest BCUT2D eigenvalue weighted by Crippen LogP contribution is -2.39. The second-order valence-corrected chi connectivity index (χ2v) is 4.99. The van der Waals surface area contributed by atoms with Crippen LogP contribution in [0.4, 0.5) is 10.3 Å². The van der Waals surface area contributed by atoms with Crippen LogP contribution in [0.15, 0.2) is 24.7 Å². The lowest BCUT2D eigenvalue weighted by Gasteiger charge is -2.31. The highest BCUT2D eigenvalue weighted by Crippen LogP contribution is 2.19. The van der Waals surface area contributed by atoms with Gasteiger partial charge in [-0.25, -0.2) is 24.3 Å². The molecule has 0 N–H and O–H groups in total. The lowest BCUT2D eigenvalue weighted by atomic mass is 10.1. The third kappa shape index (κ3) is 3.42. The van der Waals surface area contributed by atoms with Gasteiger partial charge in [-0.05, 0) is 13.0 Å². The van der Waals surface area contributed by atoms with E-state index < -0.39 is 5.82 Å². The Kier molecular flexibility index (Phi) is 3.89. The molecular weight excluding hydrogens is 273 g/mol. The average Bonchev–Trinajstić information content (AvgIpc) is 2.50. The molecule has 0 spiro atoms. The molecule has 0 radical (unpaired) electrons. The molecule has 0 aliphatic carbocycles. The van der Waals surface area contributed by atoms with Crippen molar-refractivity contribution in [1.82, 2.24) is 19.9 Å². The molecule has 1 saturated heterocycles. The predicted molar refractivity (Wildman–Crippen MR) is 74.6 cm³/mol. The molecule has 0 aromatic carbocycles. The summed E-state index contributed by atoms with van der Waals surface area (Å²) in [6.45, 7) is 3.58. The lowest BCUT2D eigenvalue weighted by molar-refractivity contribution is 0.155. The first kappa shape index (κ1) is 13.7. The molecule has 21 heavy (non-hydrogen) atoms. The maximum absolute atomic E-state index is 12.7. The van der Waals surface area contributed by atoms with E-state index in [0.29, 0.717) is 0 Å². The van der Waals surface area contributed by atoms with Crippen molar-refractivity contribution in [3.8, 4) is 6.01 Å². The fourth-order valence-electron chi connectivity index (χ4n) is 2.27. The van der Waals surface area contributed by atoms with Crippen molar-refractivity contribution in [2.24, 2.45) is 0 Å². The summed E-state index contributed by atoms with van der Waals surface area (Å²) in [6, 6.07) is 2.10. The van der Waals surface area contributed by atoms with Gasteiger partial charge in [-0.1, -0.05) is 0 Å². The van der Waals surface area contributed by atoms with E-state index in [1.165, 1.54) is 0 Å². The van der Waals surface area contributed by atoms with E-state index in [9.17, 15) is 4.39 Å². The Morgan fingerprint density at radius 3 is 2.57 bits per heavy atom. The van der Waals surface area contributed by atoms with Crippen molar-refractivity contribution in [2.45, 2.75) is 25.9 Å². The van der Waals surface area contributed by atoms with Crippen LogP contribution < -0.4 is 9.64 Å². The number of aromatic nitrogens is 4.